The molecule has 0 amide bonds. The topological polar surface area (TPSA) is 62.7 Å². The molecule has 1 aliphatic rings. The van der Waals surface area contributed by atoms with E-state index >= 15 is 0 Å². The molecule has 3 heterocycles. The highest BCUT2D eigenvalue weighted by atomic mass is 32.1. The molecule has 0 radical (unpaired) electrons. The Morgan fingerprint density at radius 2 is 2.24 bits per heavy atom. The second kappa shape index (κ2) is 6.46. The molecule has 0 atom stereocenters. The van der Waals surface area contributed by atoms with Gasteiger partial charge in [-0.3, -0.25) is 4.90 Å². The van der Waals surface area contributed by atoms with E-state index in [2.05, 4.69) is 11.0 Å². The van der Waals surface area contributed by atoms with Gasteiger partial charge in [0.15, 0.2) is 0 Å². The molecule has 5 nitrogen and oxygen atoms in total. The minimum atomic E-state index is -0.839. The van der Waals surface area contributed by atoms with E-state index in [-0.39, 0.29) is 0 Å². The van der Waals surface area contributed by atoms with Gasteiger partial charge in [-0.15, -0.1) is 11.3 Å². The van der Waals surface area contributed by atoms with Gasteiger partial charge < -0.3 is 9.84 Å². The molecule has 0 bridgehead atoms. The zero-order valence-corrected chi connectivity index (χ0v) is 14.7. The van der Waals surface area contributed by atoms with Crippen LogP contribution in [0.25, 0.3) is 10.9 Å². The van der Waals surface area contributed by atoms with Gasteiger partial charge in [-0.1, -0.05) is 18.2 Å². The van der Waals surface area contributed by atoms with E-state index in [1.807, 2.05) is 30.3 Å². The van der Waals surface area contributed by atoms with Crippen molar-refractivity contribution in [1.82, 2.24) is 9.88 Å². The van der Waals surface area contributed by atoms with Crippen LogP contribution in [0.1, 0.15) is 25.8 Å². The summed E-state index contributed by atoms with van der Waals surface area (Å²) in [5.74, 6) is -0.0570. The van der Waals surface area contributed by atoms with Gasteiger partial charge in [0, 0.05) is 29.9 Å². The fourth-order valence-electron chi connectivity index (χ4n) is 3.27. The van der Waals surface area contributed by atoms with Gasteiger partial charge >= 0.3 is 5.97 Å². The van der Waals surface area contributed by atoms with Crippen molar-refractivity contribution >= 4 is 28.2 Å². The molecule has 0 fully saturated rings. The average Bonchev–Trinajstić information content (AvgIpc) is 3.05. The monoisotopic (exact) mass is 354 g/mol. The van der Waals surface area contributed by atoms with E-state index < -0.39 is 5.97 Å². The van der Waals surface area contributed by atoms with Gasteiger partial charge in [-0.05, 0) is 30.2 Å². The fraction of sp³-hybridized carbons (Fsp3) is 0.263. The molecule has 6 heteroatoms. The molecule has 0 unspecified atom stereocenters. The Kier molecular flexibility index (Phi) is 4.15. The number of aromatic carboxylic acids is 1. The van der Waals surface area contributed by atoms with Crippen molar-refractivity contribution < 1.29 is 14.6 Å². The molecular formula is C19H18N2O3S. The Labute approximate surface area is 149 Å². The standard InChI is InChI=1S/C19H18N2O3S/c1-24-15-4-2-3-12-5-6-14(20-18(12)15)11-21-8-7-16-13(10-21)9-17(25-16)19(22)23/h2-6,9H,7-8,10-11H2,1H3,(H,22,23). The number of methoxy groups -OCH3 is 1. The first-order valence-electron chi connectivity index (χ1n) is 8.14. The van der Waals surface area contributed by atoms with Crippen LogP contribution in [0.5, 0.6) is 5.75 Å². The molecule has 25 heavy (non-hydrogen) atoms. The largest absolute Gasteiger partial charge is 0.494 e. The Morgan fingerprint density at radius 3 is 3.04 bits per heavy atom. The number of ether oxygens (including phenoxy) is 1. The first-order chi connectivity index (χ1) is 12.1. The van der Waals surface area contributed by atoms with Crippen molar-refractivity contribution in [3.05, 3.63) is 57.4 Å². The molecule has 128 valence electrons. The Hall–Kier alpha value is -2.44. The highest BCUT2D eigenvalue weighted by molar-refractivity contribution is 7.14. The number of carboxylic acid groups (broad SMARTS) is 1. The van der Waals surface area contributed by atoms with Crippen LogP contribution in [0.15, 0.2) is 36.4 Å². The SMILES string of the molecule is COc1cccc2ccc(CN3CCc4sc(C(=O)O)cc4C3)nc12. The van der Waals surface area contributed by atoms with Crippen molar-refractivity contribution in [3.8, 4) is 5.75 Å². The summed E-state index contributed by atoms with van der Waals surface area (Å²) in [5.41, 5.74) is 3.00. The lowest BCUT2D eigenvalue weighted by Crippen LogP contribution is -2.29. The lowest BCUT2D eigenvalue weighted by Gasteiger charge is -2.26. The molecule has 0 saturated carbocycles. The normalized spacial score (nSPS) is 14.4. The maximum atomic E-state index is 11.2. The third-order valence-electron chi connectivity index (χ3n) is 4.50. The Balaban J connectivity index is 1.56. The summed E-state index contributed by atoms with van der Waals surface area (Å²) in [6, 6.07) is 11.8. The average molecular weight is 354 g/mol. The molecule has 1 N–H and O–H groups in total. The van der Waals surface area contributed by atoms with Crippen LogP contribution in [0.4, 0.5) is 0 Å². The number of nitrogens with zero attached hydrogens (tertiary/aromatic N) is 2. The molecule has 2 aromatic heterocycles. The van der Waals surface area contributed by atoms with Gasteiger partial charge in [0.2, 0.25) is 0 Å². The van der Waals surface area contributed by atoms with Gasteiger partial charge in [0.1, 0.15) is 16.1 Å². The number of para-hydroxylation sites is 1. The van der Waals surface area contributed by atoms with E-state index in [0.717, 1.165) is 54.0 Å². The van der Waals surface area contributed by atoms with E-state index in [4.69, 9.17) is 14.8 Å². The minimum absolute atomic E-state index is 0.431. The highest BCUT2D eigenvalue weighted by Gasteiger charge is 2.21. The van der Waals surface area contributed by atoms with Crippen LogP contribution in [0.2, 0.25) is 0 Å². The second-order valence-electron chi connectivity index (χ2n) is 6.16. The van der Waals surface area contributed by atoms with Gasteiger partial charge in [0.25, 0.3) is 0 Å². The third kappa shape index (κ3) is 3.10. The maximum absolute atomic E-state index is 11.2. The van der Waals surface area contributed by atoms with Crippen LogP contribution >= 0.6 is 11.3 Å². The van der Waals surface area contributed by atoms with Gasteiger partial charge in [0.05, 0.1) is 12.8 Å². The number of aromatic nitrogens is 1. The Bertz CT molecular complexity index is 951. The number of carbonyl (C=O) groups is 1. The maximum Gasteiger partial charge on any atom is 0.345 e. The smallest absolute Gasteiger partial charge is 0.345 e. The van der Waals surface area contributed by atoms with E-state index in [1.165, 1.54) is 16.2 Å². The second-order valence-corrected chi connectivity index (χ2v) is 7.30. The zero-order valence-electron chi connectivity index (χ0n) is 13.9. The van der Waals surface area contributed by atoms with Gasteiger partial charge in [-0.2, -0.15) is 0 Å². The summed E-state index contributed by atoms with van der Waals surface area (Å²) in [6.07, 6.45) is 0.893. The summed E-state index contributed by atoms with van der Waals surface area (Å²) >= 11 is 1.40. The van der Waals surface area contributed by atoms with E-state index in [0.29, 0.717) is 4.88 Å². The quantitative estimate of drug-likeness (QED) is 0.776. The molecule has 1 aromatic carbocycles. The van der Waals surface area contributed by atoms with Gasteiger partial charge in [-0.25, -0.2) is 9.78 Å². The number of fused-ring (bicyclic) bond motifs is 2. The summed E-state index contributed by atoms with van der Waals surface area (Å²) in [7, 11) is 1.66. The summed E-state index contributed by atoms with van der Waals surface area (Å²) in [5, 5.41) is 10.2. The number of rotatable bonds is 4. The van der Waals surface area contributed by atoms with Crippen molar-refractivity contribution in [3.63, 3.8) is 0 Å². The Morgan fingerprint density at radius 1 is 1.36 bits per heavy atom. The minimum Gasteiger partial charge on any atom is -0.494 e. The first-order valence-corrected chi connectivity index (χ1v) is 8.95. The van der Waals surface area contributed by atoms with E-state index in [9.17, 15) is 4.79 Å². The van der Waals surface area contributed by atoms with Crippen molar-refractivity contribution in [2.24, 2.45) is 0 Å². The summed E-state index contributed by atoms with van der Waals surface area (Å²) in [6.45, 7) is 2.43. The number of thiophene rings is 1. The van der Waals surface area contributed by atoms with Crippen LogP contribution < -0.4 is 4.74 Å². The fourth-order valence-corrected chi connectivity index (χ4v) is 4.28. The summed E-state index contributed by atoms with van der Waals surface area (Å²) in [4.78, 5) is 19.9. The van der Waals surface area contributed by atoms with Crippen molar-refractivity contribution in [2.45, 2.75) is 19.5 Å². The number of hydrogen-bond acceptors (Lipinski definition) is 5. The highest BCUT2D eigenvalue weighted by Crippen LogP contribution is 2.29. The molecule has 1 aliphatic heterocycles. The lowest BCUT2D eigenvalue weighted by molar-refractivity contribution is 0.0702. The zero-order chi connectivity index (χ0) is 17.4. The number of pyridine rings is 1. The van der Waals surface area contributed by atoms with Crippen LogP contribution in [0.3, 0.4) is 0 Å². The van der Waals surface area contributed by atoms with Crippen molar-refractivity contribution in [2.75, 3.05) is 13.7 Å². The van der Waals surface area contributed by atoms with E-state index in [1.54, 1.807) is 7.11 Å². The number of hydrogen-bond donors (Lipinski definition) is 1. The number of benzene rings is 1. The lowest BCUT2D eigenvalue weighted by atomic mass is 10.1. The predicted molar refractivity (Wildman–Crippen MR) is 97.4 cm³/mol. The molecular weight excluding hydrogens is 336 g/mol. The molecule has 0 spiro atoms. The van der Waals surface area contributed by atoms with Crippen LogP contribution in [-0.4, -0.2) is 34.6 Å². The van der Waals surface area contributed by atoms with Crippen LogP contribution in [-0.2, 0) is 19.5 Å². The number of carboxylic acids is 1. The first kappa shape index (κ1) is 16.1. The molecule has 0 aliphatic carbocycles. The molecule has 0 saturated heterocycles. The predicted octanol–water partition coefficient (Wildman–Crippen LogP) is 3.56. The summed E-state index contributed by atoms with van der Waals surface area (Å²) < 4.78 is 5.41. The molecule has 3 aromatic rings. The van der Waals surface area contributed by atoms with Crippen LogP contribution in [0, 0.1) is 0 Å². The third-order valence-corrected chi connectivity index (χ3v) is 5.73. The molecule has 4 rings (SSSR count). The van der Waals surface area contributed by atoms with Crippen molar-refractivity contribution in [1.29, 1.82) is 0 Å².